The van der Waals surface area contributed by atoms with Crippen LogP contribution in [0.5, 0.6) is 5.75 Å². The summed E-state index contributed by atoms with van der Waals surface area (Å²) in [7, 11) is 1.58. The predicted molar refractivity (Wildman–Crippen MR) is 195 cm³/mol. The summed E-state index contributed by atoms with van der Waals surface area (Å²) in [5, 5.41) is 18.2. The Bertz CT molecular complexity index is 2140. The molecule has 3 amide bonds. The molecule has 0 saturated carbocycles. The van der Waals surface area contributed by atoms with Crippen LogP contribution in [0.3, 0.4) is 0 Å². The van der Waals surface area contributed by atoms with Crippen molar-refractivity contribution in [2.45, 2.75) is 46.1 Å². The Morgan fingerprint density at radius 2 is 1.62 bits per heavy atom. The highest BCUT2D eigenvalue weighted by molar-refractivity contribution is 6.07. The van der Waals surface area contributed by atoms with Gasteiger partial charge in [-0.05, 0) is 48.9 Å². The zero-order valence-electron chi connectivity index (χ0n) is 28.6. The number of aromatic nitrogens is 5. The largest absolute Gasteiger partial charge is 0.488 e. The predicted octanol–water partition coefficient (Wildman–Crippen LogP) is 7.07. The summed E-state index contributed by atoms with van der Waals surface area (Å²) >= 11 is 0. The number of carbonyl (C=O) groups excluding carboxylic acids is 2. The number of benzene rings is 3. The van der Waals surface area contributed by atoms with Gasteiger partial charge in [0.05, 0.1) is 41.6 Å². The molecule has 0 spiro atoms. The number of aryl methyl sites for hydroxylation is 1. The van der Waals surface area contributed by atoms with Crippen LogP contribution < -0.4 is 26.0 Å². The molecule has 6 aromatic rings. The van der Waals surface area contributed by atoms with Crippen LogP contribution in [-0.4, -0.2) is 43.7 Å². The van der Waals surface area contributed by atoms with Gasteiger partial charge in [0, 0.05) is 35.5 Å². The number of carbonyl (C=O) groups is 2. The Labute approximate surface area is 290 Å². The molecule has 0 radical (unpaired) electrons. The lowest BCUT2D eigenvalue weighted by molar-refractivity contribution is -0.120. The van der Waals surface area contributed by atoms with Gasteiger partial charge in [0.15, 0.2) is 0 Å². The number of pyridine rings is 1. The fourth-order valence-corrected chi connectivity index (χ4v) is 5.18. The number of likely N-dealkylation sites (N-methyl/N-ethyl adjacent to an activating group) is 1. The van der Waals surface area contributed by atoms with E-state index in [2.05, 4.69) is 57.0 Å². The molecule has 0 atom stereocenters. The number of urea groups is 1. The number of nitrogens with zero attached hydrogens (tertiary/aromatic N) is 5. The van der Waals surface area contributed by atoms with Crippen LogP contribution in [0.2, 0.25) is 0 Å². The summed E-state index contributed by atoms with van der Waals surface area (Å²) in [6, 6.07) is 24.7. The van der Waals surface area contributed by atoms with Gasteiger partial charge in [0.1, 0.15) is 29.8 Å². The standard InChI is InChI=1S/C38H39N9O3/c1-24-10-12-27(13-11-24)47-35(20-32(46-47)38(2,3)4)45-37(49)43-30-14-15-31(29-9-7-6-8-28(29)30)50-23-25-16-17-40-33(18-25)44-34-22-41-26(21-42-34)19-36(48)39-5/h6-18,20-22H,19,23H2,1-5H3,(H,39,48)(H,40,42,44)(H2,43,45,49). The SMILES string of the molecule is CNC(=O)Cc1cnc(Nc2cc(COc3ccc(NC(=O)Nc4cc(C(C)(C)C)nn4-c4ccc(C)cc4)c4ccccc34)ccn2)cn1. The summed E-state index contributed by atoms with van der Waals surface area (Å²) in [6.45, 7) is 8.58. The second kappa shape index (κ2) is 14.4. The van der Waals surface area contributed by atoms with Crippen molar-refractivity contribution in [3.8, 4) is 11.4 Å². The van der Waals surface area contributed by atoms with E-state index < -0.39 is 0 Å². The van der Waals surface area contributed by atoms with Crippen LogP contribution in [0, 0.1) is 6.92 Å². The summed E-state index contributed by atoms with van der Waals surface area (Å²) < 4.78 is 8.03. The van der Waals surface area contributed by atoms with E-state index in [0.717, 1.165) is 33.3 Å². The molecule has 0 saturated heterocycles. The highest BCUT2D eigenvalue weighted by atomic mass is 16.5. The van der Waals surface area contributed by atoms with Crippen LogP contribution in [0.15, 0.2) is 97.5 Å². The van der Waals surface area contributed by atoms with Gasteiger partial charge < -0.3 is 20.7 Å². The molecule has 3 heterocycles. The molecule has 254 valence electrons. The monoisotopic (exact) mass is 669 g/mol. The second-order valence-electron chi connectivity index (χ2n) is 12.9. The first-order chi connectivity index (χ1) is 24.1. The minimum absolute atomic E-state index is 0.133. The third kappa shape index (κ3) is 8.04. The van der Waals surface area contributed by atoms with Gasteiger partial charge >= 0.3 is 6.03 Å². The maximum Gasteiger partial charge on any atom is 0.324 e. The lowest BCUT2D eigenvalue weighted by Crippen LogP contribution is -2.21. The Morgan fingerprint density at radius 3 is 2.34 bits per heavy atom. The first kappa shape index (κ1) is 33.6. The Morgan fingerprint density at radius 1 is 0.840 bits per heavy atom. The molecule has 12 nitrogen and oxygen atoms in total. The summed E-state index contributed by atoms with van der Waals surface area (Å²) in [4.78, 5) is 38.0. The topological polar surface area (TPSA) is 148 Å². The van der Waals surface area contributed by atoms with E-state index in [-0.39, 0.29) is 30.4 Å². The summed E-state index contributed by atoms with van der Waals surface area (Å²) in [5.41, 5.74) is 4.74. The fraction of sp³-hybridized carbons (Fsp3) is 0.211. The number of ether oxygens (including phenoxy) is 1. The number of amides is 3. The van der Waals surface area contributed by atoms with Gasteiger partial charge in [-0.15, -0.1) is 0 Å². The molecule has 3 aromatic heterocycles. The lowest BCUT2D eigenvalue weighted by Gasteiger charge is -2.15. The molecule has 50 heavy (non-hydrogen) atoms. The number of fused-ring (bicyclic) bond motifs is 1. The van der Waals surface area contributed by atoms with Gasteiger partial charge in [-0.2, -0.15) is 5.10 Å². The number of hydrogen-bond donors (Lipinski definition) is 4. The van der Waals surface area contributed by atoms with Crippen molar-refractivity contribution in [1.82, 2.24) is 30.0 Å². The zero-order chi connectivity index (χ0) is 35.3. The molecule has 0 unspecified atom stereocenters. The maximum absolute atomic E-state index is 13.4. The highest BCUT2D eigenvalue weighted by Gasteiger charge is 2.22. The molecule has 12 heteroatoms. The third-order valence-electron chi connectivity index (χ3n) is 7.93. The van der Waals surface area contributed by atoms with E-state index in [1.807, 2.05) is 85.8 Å². The van der Waals surface area contributed by atoms with Gasteiger partial charge in [0.2, 0.25) is 5.91 Å². The van der Waals surface area contributed by atoms with E-state index in [9.17, 15) is 9.59 Å². The average molecular weight is 670 g/mol. The third-order valence-corrected chi connectivity index (χ3v) is 7.93. The molecular formula is C38H39N9O3. The van der Waals surface area contributed by atoms with Crippen LogP contribution >= 0.6 is 0 Å². The van der Waals surface area contributed by atoms with Crippen molar-refractivity contribution in [3.05, 3.63) is 120 Å². The van der Waals surface area contributed by atoms with Crippen molar-refractivity contribution in [2.75, 3.05) is 23.0 Å². The molecule has 0 aliphatic heterocycles. The van der Waals surface area contributed by atoms with Crippen LogP contribution in [0.1, 0.15) is 43.3 Å². The highest BCUT2D eigenvalue weighted by Crippen LogP contribution is 2.33. The zero-order valence-corrected chi connectivity index (χ0v) is 28.6. The summed E-state index contributed by atoms with van der Waals surface area (Å²) in [5.74, 6) is 2.18. The van der Waals surface area contributed by atoms with E-state index >= 15 is 0 Å². The van der Waals surface area contributed by atoms with Crippen molar-refractivity contribution < 1.29 is 14.3 Å². The number of nitrogens with one attached hydrogen (secondary N) is 4. The smallest absolute Gasteiger partial charge is 0.324 e. The molecule has 0 fully saturated rings. The molecular weight excluding hydrogens is 630 g/mol. The Kier molecular flexibility index (Phi) is 9.70. The minimum Gasteiger partial charge on any atom is -0.488 e. The molecule has 0 bridgehead atoms. The van der Waals surface area contributed by atoms with Crippen LogP contribution in [0.4, 0.5) is 27.9 Å². The molecule has 4 N–H and O–H groups in total. The van der Waals surface area contributed by atoms with Crippen LogP contribution in [-0.2, 0) is 23.2 Å². The maximum atomic E-state index is 13.4. The first-order valence-electron chi connectivity index (χ1n) is 16.2. The fourth-order valence-electron chi connectivity index (χ4n) is 5.18. The first-order valence-corrected chi connectivity index (χ1v) is 16.2. The average Bonchev–Trinajstić information content (AvgIpc) is 3.53. The van der Waals surface area contributed by atoms with E-state index in [1.165, 1.54) is 0 Å². The van der Waals surface area contributed by atoms with Crippen molar-refractivity contribution in [3.63, 3.8) is 0 Å². The number of hydrogen-bond acceptors (Lipinski definition) is 8. The van der Waals surface area contributed by atoms with Crippen molar-refractivity contribution in [1.29, 1.82) is 0 Å². The van der Waals surface area contributed by atoms with Crippen molar-refractivity contribution in [2.24, 2.45) is 0 Å². The van der Waals surface area contributed by atoms with Gasteiger partial charge in [-0.25, -0.2) is 19.4 Å². The normalized spacial score (nSPS) is 11.2. The molecule has 0 aliphatic carbocycles. The molecule has 0 aliphatic rings. The minimum atomic E-state index is -0.389. The van der Waals surface area contributed by atoms with Gasteiger partial charge in [-0.1, -0.05) is 62.7 Å². The van der Waals surface area contributed by atoms with Gasteiger partial charge in [-0.3, -0.25) is 15.1 Å². The van der Waals surface area contributed by atoms with E-state index in [4.69, 9.17) is 9.84 Å². The lowest BCUT2D eigenvalue weighted by atomic mass is 9.92. The molecule has 6 rings (SSSR count). The van der Waals surface area contributed by atoms with Crippen molar-refractivity contribution >= 4 is 45.9 Å². The number of anilines is 4. The van der Waals surface area contributed by atoms with E-state index in [1.54, 1.807) is 30.3 Å². The summed E-state index contributed by atoms with van der Waals surface area (Å²) in [6.07, 6.45) is 4.97. The second-order valence-corrected chi connectivity index (χ2v) is 12.9. The Hall–Kier alpha value is -6.30. The Balaban J connectivity index is 1.15. The van der Waals surface area contributed by atoms with E-state index in [0.29, 0.717) is 34.6 Å². The van der Waals surface area contributed by atoms with Gasteiger partial charge in [0.25, 0.3) is 0 Å². The number of rotatable bonds is 10. The van der Waals surface area contributed by atoms with Crippen LogP contribution in [0.25, 0.3) is 16.5 Å². The quantitative estimate of drug-likeness (QED) is 0.121. The molecule has 3 aromatic carbocycles.